The number of unbranched alkanes of at least 4 members (excludes halogenated alkanes) is 24. The number of allylic oxidation sites excluding steroid dienone is 2. The van der Waals surface area contributed by atoms with Gasteiger partial charge in [0.2, 0.25) is 0 Å². The van der Waals surface area contributed by atoms with Crippen molar-refractivity contribution >= 4 is 11.9 Å². The Bertz CT molecular complexity index is 995. The van der Waals surface area contributed by atoms with Gasteiger partial charge in [0.05, 0.1) is 18.8 Å². The predicted octanol–water partition coefficient (Wildman–Crippen LogP) is 13.5. The fraction of sp³-hybridized carbons (Fsp3) is 0.792. The molecule has 0 aliphatic rings. The van der Waals surface area contributed by atoms with Crippen LogP contribution in [-0.2, 0) is 19.7 Å². The van der Waals surface area contributed by atoms with E-state index < -0.39 is 6.10 Å². The topological polar surface area (TPSA) is 93.1 Å². The second kappa shape index (κ2) is 37.7. The van der Waals surface area contributed by atoms with Crippen molar-refractivity contribution in [3.05, 3.63) is 47.5 Å². The van der Waals surface area contributed by atoms with E-state index in [1.165, 1.54) is 140 Å². The molecule has 0 aliphatic heterocycles. The number of ether oxygens (including phenoxy) is 2. The third kappa shape index (κ3) is 34.3. The summed E-state index contributed by atoms with van der Waals surface area (Å²) in [5, 5.41) is 17.7. The lowest BCUT2D eigenvalue weighted by atomic mass is 9.87. The summed E-state index contributed by atoms with van der Waals surface area (Å²) in [6.45, 7) is 11.1. The van der Waals surface area contributed by atoms with E-state index in [4.69, 9.17) is 19.7 Å². The van der Waals surface area contributed by atoms with Gasteiger partial charge in [0, 0.05) is 6.42 Å². The third-order valence-corrected chi connectivity index (χ3v) is 10.0. The van der Waals surface area contributed by atoms with Crippen LogP contribution in [0.3, 0.4) is 0 Å². The van der Waals surface area contributed by atoms with Gasteiger partial charge < -0.3 is 19.7 Å². The first-order chi connectivity index (χ1) is 26.1. The molecule has 1 rings (SSSR count). The lowest BCUT2D eigenvalue weighted by Crippen LogP contribution is -2.21. The number of hydrogen-bond donors (Lipinski definition) is 2. The van der Waals surface area contributed by atoms with Gasteiger partial charge in [-0.3, -0.25) is 4.79 Å². The highest BCUT2D eigenvalue weighted by Gasteiger charge is 2.14. The van der Waals surface area contributed by atoms with Gasteiger partial charge in [-0.1, -0.05) is 194 Å². The summed E-state index contributed by atoms with van der Waals surface area (Å²) in [7, 11) is 0. The average molecular weight is 759 g/mol. The van der Waals surface area contributed by atoms with Gasteiger partial charge in [0.25, 0.3) is 0 Å². The van der Waals surface area contributed by atoms with E-state index in [9.17, 15) is 9.59 Å². The quantitative estimate of drug-likeness (QED) is 0.0413. The minimum absolute atomic E-state index is 0.108. The van der Waals surface area contributed by atoms with Gasteiger partial charge in [0.1, 0.15) is 12.7 Å². The van der Waals surface area contributed by atoms with Gasteiger partial charge in [0.15, 0.2) is 0 Å². The summed E-state index contributed by atoms with van der Waals surface area (Å²) in [6, 6.07) is 7.83. The van der Waals surface area contributed by atoms with Crippen LogP contribution in [0.1, 0.15) is 230 Å². The standard InChI is InChI=1S/C27H46O2.C21H40O4/c1-5-6-7-8-9-10-11-12-13-14-15-16-17-18-23-29-26(28)24-19-21-25(22-20-24)27(2,3)4;1-2-3-4-5-6-7-8-9-10-11-12-13-14-15-16-17-21(24)25-19-20(23)18-22/h19-22H,5-18,23H2,1-4H3;9-10,20,22-23H,2-8,11-19H2,1H3/b;10-9-. The molecular formula is C48H86O6. The third-order valence-electron chi connectivity index (χ3n) is 10.0. The Morgan fingerprint density at radius 2 is 1.00 bits per heavy atom. The zero-order valence-corrected chi connectivity index (χ0v) is 36.0. The Labute approximate surface area is 333 Å². The molecule has 0 spiro atoms. The molecule has 0 bridgehead atoms. The van der Waals surface area contributed by atoms with E-state index in [1.54, 1.807) is 0 Å². The Morgan fingerprint density at radius 1 is 0.593 bits per heavy atom. The molecule has 314 valence electrons. The van der Waals surface area contributed by atoms with E-state index in [2.05, 4.69) is 46.8 Å². The molecule has 1 atom stereocenters. The maximum atomic E-state index is 12.1. The fourth-order valence-electron chi connectivity index (χ4n) is 6.31. The highest BCUT2D eigenvalue weighted by molar-refractivity contribution is 5.89. The van der Waals surface area contributed by atoms with Gasteiger partial charge in [-0.2, -0.15) is 0 Å². The SMILES string of the molecule is CCCCCCCC/C=C\CCCCCCCC(=O)OCC(O)CO.CCCCCCCCCCCCCCCCOC(=O)c1ccc(C(C)(C)C)cc1. The summed E-state index contributed by atoms with van der Waals surface area (Å²) >= 11 is 0. The Balaban J connectivity index is 0.00000105. The molecule has 0 fully saturated rings. The van der Waals surface area contributed by atoms with Crippen molar-refractivity contribution < 1.29 is 29.3 Å². The number of carbonyl (C=O) groups excluding carboxylic acids is 2. The highest BCUT2D eigenvalue weighted by Crippen LogP contribution is 2.22. The van der Waals surface area contributed by atoms with Crippen LogP contribution in [0.5, 0.6) is 0 Å². The minimum atomic E-state index is -0.960. The molecule has 0 aromatic heterocycles. The summed E-state index contributed by atoms with van der Waals surface area (Å²) < 4.78 is 10.3. The Hall–Kier alpha value is -2.18. The molecule has 1 aromatic rings. The van der Waals surface area contributed by atoms with Crippen LogP contribution in [0.2, 0.25) is 0 Å². The minimum Gasteiger partial charge on any atom is -0.463 e. The van der Waals surface area contributed by atoms with Crippen LogP contribution in [0, 0.1) is 0 Å². The van der Waals surface area contributed by atoms with Crippen molar-refractivity contribution in [2.75, 3.05) is 19.8 Å². The number of aliphatic hydroxyl groups excluding tert-OH is 2. The van der Waals surface area contributed by atoms with E-state index in [0.29, 0.717) is 18.6 Å². The first kappa shape index (κ1) is 51.8. The van der Waals surface area contributed by atoms with Crippen LogP contribution in [0.15, 0.2) is 36.4 Å². The number of benzene rings is 1. The molecule has 6 nitrogen and oxygen atoms in total. The lowest BCUT2D eigenvalue weighted by Gasteiger charge is -2.18. The molecule has 0 saturated carbocycles. The van der Waals surface area contributed by atoms with Crippen molar-refractivity contribution in [3.63, 3.8) is 0 Å². The Morgan fingerprint density at radius 3 is 1.43 bits per heavy atom. The van der Waals surface area contributed by atoms with Crippen LogP contribution >= 0.6 is 0 Å². The monoisotopic (exact) mass is 759 g/mol. The number of hydrogen-bond acceptors (Lipinski definition) is 6. The summed E-state index contributed by atoms with van der Waals surface area (Å²) in [4.78, 5) is 23.5. The second-order valence-corrected chi connectivity index (χ2v) is 16.4. The van der Waals surface area contributed by atoms with Gasteiger partial charge in [-0.25, -0.2) is 4.79 Å². The number of carbonyl (C=O) groups is 2. The molecule has 2 N–H and O–H groups in total. The molecule has 0 heterocycles. The van der Waals surface area contributed by atoms with Crippen LogP contribution in [0.4, 0.5) is 0 Å². The molecule has 1 aromatic carbocycles. The van der Waals surface area contributed by atoms with E-state index in [0.717, 1.165) is 38.5 Å². The van der Waals surface area contributed by atoms with E-state index in [1.807, 2.05) is 24.3 Å². The number of esters is 2. The zero-order valence-electron chi connectivity index (χ0n) is 36.0. The lowest BCUT2D eigenvalue weighted by molar-refractivity contribution is -0.147. The first-order valence-electron chi connectivity index (χ1n) is 22.5. The maximum absolute atomic E-state index is 12.1. The number of rotatable bonds is 34. The average Bonchev–Trinajstić information content (AvgIpc) is 3.16. The van der Waals surface area contributed by atoms with Crippen molar-refractivity contribution in [1.29, 1.82) is 0 Å². The van der Waals surface area contributed by atoms with Crippen LogP contribution < -0.4 is 0 Å². The zero-order chi connectivity index (χ0) is 40.0. The summed E-state index contributed by atoms with van der Waals surface area (Å²) in [5.41, 5.74) is 2.00. The van der Waals surface area contributed by atoms with Crippen LogP contribution in [0.25, 0.3) is 0 Å². The van der Waals surface area contributed by atoms with Crippen molar-refractivity contribution in [1.82, 2.24) is 0 Å². The molecule has 0 amide bonds. The van der Waals surface area contributed by atoms with Gasteiger partial charge in [-0.05, 0) is 61.6 Å². The molecule has 0 saturated heterocycles. The van der Waals surface area contributed by atoms with E-state index >= 15 is 0 Å². The Kier molecular flexibility index (Phi) is 36.2. The largest absolute Gasteiger partial charge is 0.463 e. The van der Waals surface area contributed by atoms with Gasteiger partial charge >= 0.3 is 11.9 Å². The molecule has 1 unspecified atom stereocenters. The number of aliphatic hydroxyl groups is 2. The summed E-state index contributed by atoms with van der Waals surface area (Å²) in [6.07, 6.45) is 38.8. The van der Waals surface area contributed by atoms with Crippen LogP contribution in [-0.4, -0.2) is 48.1 Å². The first-order valence-corrected chi connectivity index (χ1v) is 22.5. The molecule has 54 heavy (non-hydrogen) atoms. The van der Waals surface area contributed by atoms with E-state index in [-0.39, 0.29) is 30.6 Å². The molecular weight excluding hydrogens is 673 g/mol. The van der Waals surface area contributed by atoms with Crippen molar-refractivity contribution in [3.8, 4) is 0 Å². The van der Waals surface area contributed by atoms with Crippen molar-refractivity contribution in [2.24, 2.45) is 0 Å². The normalized spacial score (nSPS) is 12.1. The highest BCUT2D eigenvalue weighted by atomic mass is 16.5. The van der Waals surface area contributed by atoms with Crippen molar-refractivity contribution in [2.45, 2.75) is 226 Å². The fourth-order valence-corrected chi connectivity index (χ4v) is 6.31. The predicted molar refractivity (Wildman–Crippen MR) is 229 cm³/mol. The molecule has 6 heteroatoms. The smallest absolute Gasteiger partial charge is 0.338 e. The van der Waals surface area contributed by atoms with Gasteiger partial charge in [-0.15, -0.1) is 0 Å². The summed E-state index contributed by atoms with van der Waals surface area (Å²) in [5.74, 6) is -0.481. The molecule has 0 aliphatic carbocycles. The molecule has 0 radical (unpaired) electrons. The maximum Gasteiger partial charge on any atom is 0.338 e. The second-order valence-electron chi connectivity index (χ2n) is 16.4.